The van der Waals surface area contributed by atoms with Crippen LogP contribution in [-0.2, 0) is 54.8 Å². The van der Waals surface area contributed by atoms with Crippen LogP contribution >= 0.6 is 0 Å². The third-order valence-corrected chi connectivity index (χ3v) is 12.4. The highest BCUT2D eigenvalue weighted by Gasteiger charge is 2.46. The van der Waals surface area contributed by atoms with Crippen molar-refractivity contribution in [2.45, 2.75) is 182 Å². The predicted molar refractivity (Wildman–Crippen MR) is 283 cm³/mol. The van der Waals surface area contributed by atoms with Gasteiger partial charge in [0.1, 0.15) is 22.3 Å². The fourth-order valence-electron chi connectivity index (χ4n) is 8.87. The van der Waals surface area contributed by atoms with E-state index >= 15 is 0 Å². The quantitative estimate of drug-likeness (QED) is 0.0511. The molecule has 0 unspecified atom stereocenters. The van der Waals surface area contributed by atoms with Crippen molar-refractivity contribution in [3.8, 4) is 0 Å². The highest BCUT2D eigenvalue weighted by Crippen LogP contribution is 2.30. The maximum atomic E-state index is 14.7. The van der Waals surface area contributed by atoms with E-state index in [4.69, 9.17) is 18.9 Å². The number of methoxy groups -OCH3 is 1. The van der Waals surface area contributed by atoms with Crippen molar-refractivity contribution >= 4 is 47.6 Å². The number of esters is 1. The molecule has 74 heavy (non-hydrogen) atoms. The molecule has 1 heterocycles. The molecule has 2 aromatic carbocycles. The Morgan fingerprint density at radius 2 is 1.26 bits per heavy atom. The number of unbranched alkanes of at least 4 members (excludes halogenated alkanes) is 1. The van der Waals surface area contributed by atoms with Gasteiger partial charge in [-0.05, 0) is 118 Å². The fourth-order valence-corrected chi connectivity index (χ4v) is 8.87. The summed E-state index contributed by atoms with van der Waals surface area (Å²) in [6.45, 7) is 23.7. The molecule has 0 aliphatic carbocycles. The number of rotatable bonds is 24. The van der Waals surface area contributed by atoms with Gasteiger partial charge < -0.3 is 44.7 Å². The fraction of sp³-hybridized carbons (Fsp3) is 0.649. The van der Waals surface area contributed by atoms with E-state index in [1.807, 2.05) is 88.4 Å². The van der Waals surface area contributed by atoms with Crippen LogP contribution in [0.3, 0.4) is 0 Å². The zero-order valence-corrected chi connectivity index (χ0v) is 46.8. The maximum absolute atomic E-state index is 14.7. The second kappa shape index (κ2) is 27.5. The van der Waals surface area contributed by atoms with E-state index < -0.39 is 75.8 Å². The van der Waals surface area contributed by atoms with E-state index in [-0.39, 0.29) is 101 Å². The van der Waals surface area contributed by atoms with Gasteiger partial charge in [0.15, 0.2) is 11.6 Å². The molecule has 2 aromatic rings. The van der Waals surface area contributed by atoms with Crippen molar-refractivity contribution in [2.24, 2.45) is 17.8 Å². The Labute approximate surface area is 440 Å². The van der Waals surface area contributed by atoms with Crippen molar-refractivity contribution in [3.05, 3.63) is 71.8 Å². The van der Waals surface area contributed by atoms with E-state index in [1.54, 1.807) is 67.2 Å². The number of amides is 5. The lowest BCUT2D eigenvalue weighted by Gasteiger charge is -2.41. The molecule has 0 bridgehead atoms. The zero-order valence-electron chi connectivity index (χ0n) is 46.8. The third kappa shape index (κ3) is 21.8. The van der Waals surface area contributed by atoms with Gasteiger partial charge in [-0.3, -0.25) is 19.2 Å². The van der Waals surface area contributed by atoms with Gasteiger partial charge in [0, 0.05) is 56.3 Å². The Kier molecular flexibility index (Phi) is 23.2. The maximum Gasteiger partial charge on any atom is 0.410 e. The molecular weight excluding hydrogens is 947 g/mol. The molecule has 1 fully saturated rings. The normalized spacial score (nSPS) is 15.1. The predicted octanol–water partition coefficient (Wildman–Crippen LogP) is 8.88. The van der Waals surface area contributed by atoms with Crippen molar-refractivity contribution in [2.75, 3.05) is 39.8 Å². The monoisotopic (exact) mass is 1030 g/mol. The molecule has 0 aromatic heterocycles. The number of nitrogens with zero attached hydrogens (tertiary/aromatic N) is 2. The average Bonchev–Trinajstić information content (AvgIpc) is 3.28. The van der Waals surface area contributed by atoms with Crippen molar-refractivity contribution in [3.63, 3.8) is 0 Å². The number of hydrogen-bond acceptors (Lipinski definition) is 12. The van der Waals surface area contributed by atoms with Crippen molar-refractivity contribution in [1.29, 1.82) is 0 Å². The number of Topliss-reactive ketones (excluding diaryl/α,β-unsaturated/α-hetero) is 2. The minimum atomic E-state index is -1.45. The van der Waals surface area contributed by atoms with Gasteiger partial charge in [-0.2, -0.15) is 0 Å². The van der Waals surface area contributed by atoms with Crippen LogP contribution in [0.4, 0.5) is 14.4 Å². The van der Waals surface area contributed by atoms with Gasteiger partial charge in [-0.25, -0.2) is 19.2 Å². The molecule has 1 saturated heterocycles. The summed E-state index contributed by atoms with van der Waals surface area (Å²) in [4.78, 5) is 113. The first kappa shape index (κ1) is 62.3. The first-order valence-corrected chi connectivity index (χ1v) is 26.1. The van der Waals surface area contributed by atoms with Crippen molar-refractivity contribution < 1.29 is 57.3 Å². The smallest absolute Gasteiger partial charge is 0.410 e. The minimum Gasteiger partial charge on any atom is -0.467 e. The molecule has 17 nitrogen and oxygen atoms in total. The van der Waals surface area contributed by atoms with Gasteiger partial charge in [0.2, 0.25) is 11.8 Å². The molecule has 0 saturated carbocycles. The number of alkyl carbamates (subject to hydrolysis) is 2. The van der Waals surface area contributed by atoms with Gasteiger partial charge in [0.05, 0.1) is 19.7 Å². The number of ketones is 2. The topological polar surface area (TPSA) is 216 Å². The lowest BCUT2D eigenvalue weighted by atomic mass is 9.84. The van der Waals surface area contributed by atoms with Crippen LogP contribution in [0, 0.1) is 17.8 Å². The number of nitrogens with one attached hydrogen (secondary N) is 3. The molecule has 3 rings (SSSR count). The third-order valence-electron chi connectivity index (χ3n) is 12.4. The molecule has 0 radical (unpaired) electrons. The Bertz CT molecular complexity index is 2190. The Balaban J connectivity index is 1.91. The second-order valence-corrected chi connectivity index (χ2v) is 23.7. The molecule has 1 aliphatic rings. The van der Waals surface area contributed by atoms with E-state index in [1.165, 1.54) is 12.0 Å². The number of likely N-dealkylation sites (tertiary alicyclic amines) is 1. The number of carbonyl (C=O) groups is 8. The molecular formula is C57H87N5O12. The molecule has 3 N–H and O–H groups in total. The SMILES string of the molecule is COC(=O)C1(NC(=O)OC(C)(C)C)CCN(C(=O)[C@@H](CCCCNC(=O)OC(C)(C)C)CC(=O)[C@@H](CC(C)C)NC(=O)[C@H](CC(=O)CN(CC(C)(C)c2ccccc2)C(=O)OC(C)(C)C)Cc2ccccc2)CC1. The largest absolute Gasteiger partial charge is 0.467 e. The highest BCUT2D eigenvalue weighted by atomic mass is 16.6. The average molecular weight is 1030 g/mol. The van der Waals surface area contributed by atoms with Crippen LogP contribution in [0.15, 0.2) is 60.7 Å². The standard InChI is InChI=1S/C57H87N5O12/c1-39(2)33-45(59-47(65)42(34-40-23-17-15-18-24-40)35-44(63)37-62(52(70)74-55(9,10)11)38-56(12,13)43-26-19-16-20-27-43)46(64)36-41(25-21-22-30-58-50(68)72-53(3,4)5)48(66)61-31-28-57(29-32-61,49(67)71-14)60-51(69)73-54(6,7)8/h15-20,23-24,26-27,39,41-42,45H,21-22,25,28-38H2,1-14H3,(H,58,68)(H,59,65)(H,60,69)/t41-,42-,45+/m0/s1. The Hall–Kier alpha value is -6.00. The molecule has 3 atom stereocenters. The lowest BCUT2D eigenvalue weighted by Crippen LogP contribution is -2.62. The van der Waals surface area contributed by atoms with Crippen LogP contribution in [0.25, 0.3) is 0 Å². The van der Waals surface area contributed by atoms with Gasteiger partial charge in [-0.1, -0.05) is 94.8 Å². The first-order chi connectivity index (χ1) is 34.3. The molecule has 1 aliphatic heterocycles. The summed E-state index contributed by atoms with van der Waals surface area (Å²) in [5.41, 5.74) is -2.62. The van der Waals surface area contributed by atoms with E-state index in [2.05, 4.69) is 16.0 Å². The molecule has 412 valence electrons. The van der Waals surface area contributed by atoms with Crippen LogP contribution < -0.4 is 16.0 Å². The zero-order chi connectivity index (χ0) is 55.7. The second-order valence-electron chi connectivity index (χ2n) is 23.7. The first-order valence-electron chi connectivity index (χ1n) is 26.1. The summed E-state index contributed by atoms with van der Waals surface area (Å²) >= 11 is 0. The van der Waals surface area contributed by atoms with Crippen LogP contribution in [0.5, 0.6) is 0 Å². The summed E-state index contributed by atoms with van der Waals surface area (Å²) < 4.78 is 21.7. The number of hydrogen-bond donors (Lipinski definition) is 3. The molecule has 0 spiro atoms. The van der Waals surface area contributed by atoms with Crippen LogP contribution in [0.2, 0.25) is 0 Å². The van der Waals surface area contributed by atoms with E-state index in [0.29, 0.717) is 12.8 Å². The van der Waals surface area contributed by atoms with Crippen molar-refractivity contribution in [1.82, 2.24) is 25.8 Å². The van der Waals surface area contributed by atoms with Gasteiger partial charge >= 0.3 is 24.2 Å². The minimum absolute atomic E-state index is 0.0268. The Morgan fingerprint density at radius 3 is 1.80 bits per heavy atom. The summed E-state index contributed by atoms with van der Waals surface area (Å²) in [6, 6.07) is 17.9. The van der Waals surface area contributed by atoms with Gasteiger partial charge in [0.25, 0.3) is 0 Å². The lowest BCUT2D eigenvalue weighted by molar-refractivity contribution is -0.153. The van der Waals surface area contributed by atoms with E-state index in [0.717, 1.165) is 11.1 Å². The van der Waals surface area contributed by atoms with Crippen LogP contribution in [0.1, 0.15) is 153 Å². The number of piperidine rings is 1. The number of benzene rings is 2. The van der Waals surface area contributed by atoms with E-state index in [9.17, 15) is 38.4 Å². The summed E-state index contributed by atoms with van der Waals surface area (Å²) in [7, 11) is 1.22. The van der Waals surface area contributed by atoms with Crippen LogP contribution in [-0.4, -0.2) is 126 Å². The summed E-state index contributed by atoms with van der Waals surface area (Å²) in [6.07, 6.45) is -0.839. The molecule has 5 amide bonds. The number of ether oxygens (including phenoxy) is 4. The highest BCUT2D eigenvalue weighted by molar-refractivity contribution is 5.95. The number of carbonyl (C=O) groups excluding carboxylic acids is 8. The summed E-state index contributed by atoms with van der Waals surface area (Å²) in [5, 5.41) is 8.44. The summed E-state index contributed by atoms with van der Waals surface area (Å²) in [5.74, 6) is -4.09. The molecule has 17 heteroatoms. The van der Waals surface area contributed by atoms with Gasteiger partial charge in [-0.15, -0.1) is 0 Å². The Morgan fingerprint density at radius 1 is 0.703 bits per heavy atom.